The van der Waals surface area contributed by atoms with Gasteiger partial charge in [-0.2, -0.15) is 0 Å². The van der Waals surface area contributed by atoms with Crippen molar-refractivity contribution >= 4 is 17.8 Å². The molecule has 154 valence electrons. The van der Waals surface area contributed by atoms with Gasteiger partial charge in [-0.05, 0) is 36.8 Å². The second-order valence-corrected chi connectivity index (χ2v) is 6.90. The summed E-state index contributed by atoms with van der Waals surface area (Å²) in [6.45, 7) is 2.38. The average molecular weight is 400 g/mol. The fourth-order valence-electron chi connectivity index (χ4n) is 3.07. The Labute approximate surface area is 168 Å². The van der Waals surface area contributed by atoms with Gasteiger partial charge in [-0.15, -0.1) is 0 Å². The smallest absolute Gasteiger partial charge is 0.312 e. The molecule has 2 atom stereocenters. The summed E-state index contributed by atoms with van der Waals surface area (Å²) in [6.07, 6.45) is 0.656. The minimum atomic E-state index is -0.949. The monoisotopic (exact) mass is 400 g/mol. The van der Waals surface area contributed by atoms with Crippen molar-refractivity contribution in [2.24, 2.45) is 5.92 Å². The Morgan fingerprint density at radius 3 is 2.69 bits per heavy atom. The average Bonchev–Trinajstić information content (AvgIpc) is 3.36. The standard InChI is InChI=1S/C21H24N2O6/c1-14(20(25)22-11-15-5-7-17(27-2)8-6-15)29-21(26)16-10-19(24)23(12-16)13-18-4-3-9-28-18/h3-9,14,16H,10-13H2,1-2H3,(H,22,25). The van der Waals surface area contributed by atoms with Crippen LogP contribution < -0.4 is 10.1 Å². The molecule has 0 radical (unpaired) electrons. The number of nitrogens with one attached hydrogen (secondary N) is 1. The highest BCUT2D eigenvalue weighted by Crippen LogP contribution is 2.22. The van der Waals surface area contributed by atoms with Gasteiger partial charge in [-0.25, -0.2) is 0 Å². The molecule has 29 heavy (non-hydrogen) atoms. The van der Waals surface area contributed by atoms with E-state index in [2.05, 4.69) is 5.32 Å². The van der Waals surface area contributed by atoms with Crippen molar-refractivity contribution in [1.29, 1.82) is 0 Å². The molecule has 1 aliphatic rings. The first-order chi connectivity index (χ1) is 14.0. The van der Waals surface area contributed by atoms with E-state index in [9.17, 15) is 14.4 Å². The number of benzene rings is 1. The molecule has 0 aliphatic carbocycles. The number of amides is 2. The first-order valence-electron chi connectivity index (χ1n) is 9.37. The normalized spacial score (nSPS) is 17.1. The minimum Gasteiger partial charge on any atom is -0.497 e. The third-order valence-corrected chi connectivity index (χ3v) is 4.76. The van der Waals surface area contributed by atoms with E-state index in [-0.39, 0.29) is 18.9 Å². The number of furan rings is 1. The molecule has 1 fully saturated rings. The number of hydrogen-bond donors (Lipinski definition) is 1. The van der Waals surface area contributed by atoms with Crippen LogP contribution in [0.2, 0.25) is 0 Å². The maximum Gasteiger partial charge on any atom is 0.312 e. The van der Waals surface area contributed by atoms with Crippen LogP contribution in [0.1, 0.15) is 24.7 Å². The molecule has 0 spiro atoms. The molecular formula is C21H24N2O6. The second-order valence-electron chi connectivity index (χ2n) is 6.90. The fourth-order valence-corrected chi connectivity index (χ4v) is 3.07. The first-order valence-corrected chi connectivity index (χ1v) is 9.37. The van der Waals surface area contributed by atoms with Gasteiger partial charge in [0.05, 0.1) is 25.8 Å². The second kappa shape index (κ2) is 9.27. The first kappa shape index (κ1) is 20.4. The predicted octanol–water partition coefficient (Wildman–Crippen LogP) is 1.88. The van der Waals surface area contributed by atoms with Gasteiger partial charge in [0, 0.05) is 19.5 Å². The number of methoxy groups -OCH3 is 1. The molecule has 1 aliphatic heterocycles. The van der Waals surface area contributed by atoms with E-state index >= 15 is 0 Å². The van der Waals surface area contributed by atoms with E-state index < -0.39 is 23.9 Å². The van der Waals surface area contributed by atoms with Crippen molar-refractivity contribution in [2.75, 3.05) is 13.7 Å². The van der Waals surface area contributed by atoms with E-state index in [0.717, 1.165) is 11.3 Å². The van der Waals surface area contributed by atoms with E-state index in [1.165, 1.54) is 13.2 Å². The fraction of sp³-hybridized carbons (Fsp3) is 0.381. The summed E-state index contributed by atoms with van der Waals surface area (Å²) in [6, 6.07) is 10.8. The lowest BCUT2D eigenvalue weighted by molar-refractivity contribution is -0.158. The Balaban J connectivity index is 1.45. The lowest BCUT2D eigenvalue weighted by atomic mass is 10.1. The number of nitrogens with zero attached hydrogens (tertiary/aromatic N) is 1. The molecule has 8 heteroatoms. The molecule has 2 unspecified atom stereocenters. The minimum absolute atomic E-state index is 0.0692. The van der Waals surface area contributed by atoms with Gasteiger partial charge >= 0.3 is 5.97 Å². The predicted molar refractivity (Wildman–Crippen MR) is 103 cm³/mol. The van der Waals surface area contributed by atoms with Crippen LogP contribution in [-0.2, 0) is 32.2 Å². The number of carbonyl (C=O) groups is 3. The molecule has 1 aromatic heterocycles. The molecule has 2 amide bonds. The van der Waals surface area contributed by atoms with E-state index in [1.807, 2.05) is 12.1 Å². The Kier molecular flexibility index (Phi) is 6.54. The molecule has 3 rings (SSSR count). The van der Waals surface area contributed by atoms with Gasteiger partial charge in [-0.3, -0.25) is 14.4 Å². The number of esters is 1. The third-order valence-electron chi connectivity index (χ3n) is 4.76. The van der Waals surface area contributed by atoms with Crippen molar-refractivity contribution in [1.82, 2.24) is 10.2 Å². The number of ether oxygens (including phenoxy) is 2. The zero-order valence-corrected chi connectivity index (χ0v) is 16.4. The quantitative estimate of drug-likeness (QED) is 0.680. The SMILES string of the molecule is COc1ccc(CNC(=O)C(C)OC(=O)C2CC(=O)N(Cc3ccco3)C2)cc1. The molecule has 8 nitrogen and oxygen atoms in total. The van der Waals surface area contributed by atoms with Crippen molar-refractivity contribution in [2.45, 2.75) is 32.5 Å². The molecular weight excluding hydrogens is 376 g/mol. The third kappa shape index (κ3) is 5.37. The van der Waals surface area contributed by atoms with Gasteiger partial charge in [-0.1, -0.05) is 12.1 Å². The highest BCUT2D eigenvalue weighted by Gasteiger charge is 2.36. The van der Waals surface area contributed by atoms with Gasteiger partial charge in [0.25, 0.3) is 5.91 Å². The van der Waals surface area contributed by atoms with Crippen LogP contribution in [0.15, 0.2) is 47.1 Å². The summed E-state index contributed by atoms with van der Waals surface area (Å²) >= 11 is 0. The van der Waals surface area contributed by atoms with Crippen molar-refractivity contribution in [3.8, 4) is 5.75 Å². The van der Waals surface area contributed by atoms with Gasteiger partial charge < -0.3 is 24.1 Å². The molecule has 1 N–H and O–H groups in total. The Bertz CT molecular complexity index is 847. The number of hydrogen-bond acceptors (Lipinski definition) is 6. The van der Waals surface area contributed by atoms with Crippen LogP contribution in [0.5, 0.6) is 5.75 Å². The van der Waals surface area contributed by atoms with Crippen LogP contribution in [0.4, 0.5) is 0 Å². The van der Waals surface area contributed by atoms with Gasteiger partial charge in [0.2, 0.25) is 5.91 Å². The van der Waals surface area contributed by atoms with Crippen LogP contribution in [0, 0.1) is 5.92 Å². The number of rotatable bonds is 8. The maximum absolute atomic E-state index is 12.4. The van der Waals surface area contributed by atoms with E-state index in [0.29, 0.717) is 18.8 Å². The van der Waals surface area contributed by atoms with Gasteiger partial charge in [0.1, 0.15) is 11.5 Å². The van der Waals surface area contributed by atoms with Crippen LogP contribution in [-0.4, -0.2) is 42.4 Å². The zero-order valence-electron chi connectivity index (χ0n) is 16.4. The van der Waals surface area contributed by atoms with E-state index in [1.54, 1.807) is 36.3 Å². The molecule has 1 saturated heterocycles. The Morgan fingerprint density at radius 2 is 2.03 bits per heavy atom. The van der Waals surface area contributed by atoms with E-state index in [4.69, 9.17) is 13.9 Å². The Morgan fingerprint density at radius 1 is 1.28 bits per heavy atom. The molecule has 0 bridgehead atoms. The topological polar surface area (TPSA) is 98.1 Å². The van der Waals surface area contributed by atoms with Crippen LogP contribution in [0.3, 0.4) is 0 Å². The maximum atomic E-state index is 12.4. The number of carbonyl (C=O) groups excluding carboxylic acids is 3. The van der Waals surface area contributed by atoms with Crippen molar-refractivity contribution in [3.63, 3.8) is 0 Å². The number of likely N-dealkylation sites (tertiary alicyclic amines) is 1. The van der Waals surface area contributed by atoms with Gasteiger partial charge in [0.15, 0.2) is 6.10 Å². The summed E-state index contributed by atoms with van der Waals surface area (Å²) in [5.41, 5.74) is 0.896. The highest BCUT2D eigenvalue weighted by molar-refractivity contribution is 5.88. The summed E-state index contributed by atoms with van der Waals surface area (Å²) < 4.78 is 15.6. The highest BCUT2D eigenvalue weighted by atomic mass is 16.5. The zero-order chi connectivity index (χ0) is 20.8. The lowest BCUT2D eigenvalue weighted by Crippen LogP contribution is -2.37. The molecule has 1 aromatic carbocycles. The van der Waals surface area contributed by atoms with Crippen molar-refractivity contribution < 1.29 is 28.3 Å². The summed E-state index contributed by atoms with van der Waals surface area (Å²) in [4.78, 5) is 38.3. The van der Waals surface area contributed by atoms with Crippen molar-refractivity contribution in [3.05, 3.63) is 54.0 Å². The summed E-state index contributed by atoms with van der Waals surface area (Å²) in [7, 11) is 1.58. The summed E-state index contributed by atoms with van der Waals surface area (Å²) in [5.74, 6) is -0.291. The lowest BCUT2D eigenvalue weighted by Gasteiger charge is -2.17. The molecule has 2 heterocycles. The van der Waals surface area contributed by atoms with Crippen LogP contribution >= 0.6 is 0 Å². The summed E-state index contributed by atoms with van der Waals surface area (Å²) in [5, 5.41) is 2.73. The molecule has 2 aromatic rings. The largest absolute Gasteiger partial charge is 0.497 e. The van der Waals surface area contributed by atoms with Crippen LogP contribution in [0.25, 0.3) is 0 Å². The Hall–Kier alpha value is -3.29. The molecule has 0 saturated carbocycles.